The number of benzene rings is 1. The van der Waals surface area contributed by atoms with Crippen LogP contribution in [0, 0.1) is 6.92 Å². The van der Waals surface area contributed by atoms with E-state index in [9.17, 15) is 20.1 Å². The summed E-state index contributed by atoms with van der Waals surface area (Å²) in [4.78, 5) is 11.7. The van der Waals surface area contributed by atoms with Crippen molar-refractivity contribution in [2.45, 2.75) is 104 Å². The van der Waals surface area contributed by atoms with Gasteiger partial charge >= 0.3 is 5.97 Å². The molecular weight excluding hydrogens is 444 g/mol. The minimum Gasteiger partial charge on any atom is -0.508 e. The predicted molar refractivity (Wildman–Crippen MR) is 138 cm³/mol. The fraction of sp³-hybridized carbons (Fsp3) is 0.552. The summed E-state index contributed by atoms with van der Waals surface area (Å²) >= 11 is 0. The predicted octanol–water partition coefficient (Wildman–Crippen LogP) is 5.82. The van der Waals surface area contributed by atoms with Gasteiger partial charge in [-0.2, -0.15) is 0 Å². The molecule has 1 aromatic rings. The zero-order valence-electron chi connectivity index (χ0n) is 22.2. The summed E-state index contributed by atoms with van der Waals surface area (Å²) in [7, 11) is 0. The highest BCUT2D eigenvalue weighted by Gasteiger charge is 2.40. The van der Waals surface area contributed by atoms with Crippen LogP contribution in [0.3, 0.4) is 0 Å². The Morgan fingerprint density at radius 3 is 2.46 bits per heavy atom. The smallest absolute Gasteiger partial charge is 0.303 e. The van der Waals surface area contributed by atoms with Crippen LogP contribution in [-0.4, -0.2) is 45.2 Å². The molecule has 6 nitrogen and oxygen atoms in total. The van der Waals surface area contributed by atoms with Crippen LogP contribution in [0.4, 0.5) is 0 Å². The summed E-state index contributed by atoms with van der Waals surface area (Å²) in [6.07, 6.45) is 8.55. The molecular formula is C29H42O6. The van der Waals surface area contributed by atoms with Gasteiger partial charge in [0, 0.05) is 25.3 Å². The van der Waals surface area contributed by atoms with E-state index in [0.29, 0.717) is 30.4 Å². The van der Waals surface area contributed by atoms with Gasteiger partial charge < -0.3 is 24.8 Å². The molecule has 0 bridgehead atoms. The van der Waals surface area contributed by atoms with Crippen LogP contribution in [-0.2, 0) is 20.7 Å². The van der Waals surface area contributed by atoms with Gasteiger partial charge in [0.15, 0.2) is 0 Å². The third-order valence-electron chi connectivity index (χ3n) is 6.54. The second-order valence-corrected chi connectivity index (χ2v) is 10.3. The first-order valence-corrected chi connectivity index (χ1v) is 12.3. The fourth-order valence-corrected chi connectivity index (χ4v) is 4.34. The molecule has 3 atom stereocenters. The molecule has 35 heavy (non-hydrogen) atoms. The maximum atomic E-state index is 11.7. The van der Waals surface area contributed by atoms with Crippen molar-refractivity contribution in [1.82, 2.24) is 0 Å². The molecule has 2 rings (SSSR count). The molecule has 0 spiro atoms. The van der Waals surface area contributed by atoms with E-state index in [1.54, 1.807) is 13.0 Å². The van der Waals surface area contributed by atoms with Crippen molar-refractivity contribution in [1.29, 1.82) is 0 Å². The Kier molecular flexibility index (Phi) is 10.2. The van der Waals surface area contributed by atoms with Crippen molar-refractivity contribution >= 4 is 5.97 Å². The van der Waals surface area contributed by atoms with Gasteiger partial charge in [-0.25, -0.2) is 0 Å². The number of allylic oxidation sites excluding steroid dienone is 3. The van der Waals surface area contributed by atoms with Crippen LogP contribution < -0.4 is 0 Å². The van der Waals surface area contributed by atoms with Gasteiger partial charge in [0.25, 0.3) is 0 Å². The van der Waals surface area contributed by atoms with Crippen molar-refractivity contribution in [3.63, 3.8) is 0 Å². The van der Waals surface area contributed by atoms with Crippen molar-refractivity contribution < 1.29 is 29.6 Å². The van der Waals surface area contributed by atoms with Crippen LogP contribution in [0.1, 0.15) is 78.4 Å². The lowest BCUT2D eigenvalue weighted by atomic mass is 9.98. The number of rotatable bonds is 10. The molecule has 1 fully saturated rings. The Morgan fingerprint density at radius 2 is 1.86 bits per heavy atom. The fourth-order valence-electron chi connectivity index (χ4n) is 4.34. The summed E-state index contributed by atoms with van der Waals surface area (Å²) < 4.78 is 11.5. The number of hydrogen-bond donors (Lipinski definition) is 3. The molecule has 3 N–H and O–H groups in total. The molecule has 0 radical (unpaired) electrons. The zero-order valence-corrected chi connectivity index (χ0v) is 22.2. The summed E-state index contributed by atoms with van der Waals surface area (Å²) in [6, 6.07) is 3.09. The van der Waals surface area contributed by atoms with Crippen molar-refractivity contribution in [2.24, 2.45) is 0 Å². The summed E-state index contributed by atoms with van der Waals surface area (Å²) in [5.74, 6) is -0.0201. The maximum absolute atomic E-state index is 11.7. The number of ether oxygens (including phenoxy) is 2. The first-order valence-electron chi connectivity index (χ1n) is 12.3. The quantitative estimate of drug-likeness (QED) is 0.219. The van der Waals surface area contributed by atoms with Crippen molar-refractivity contribution in [3.8, 4) is 11.5 Å². The minimum atomic E-state index is -0.517. The van der Waals surface area contributed by atoms with Gasteiger partial charge in [-0.1, -0.05) is 23.3 Å². The van der Waals surface area contributed by atoms with Gasteiger partial charge in [-0.15, -0.1) is 0 Å². The van der Waals surface area contributed by atoms with E-state index in [0.717, 1.165) is 29.6 Å². The first kappa shape index (κ1) is 28.7. The van der Waals surface area contributed by atoms with E-state index in [4.69, 9.17) is 9.47 Å². The van der Waals surface area contributed by atoms with E-state index >= 15 is 0 Å². The monoisotopic (exact) mass is 486 g/mol. The molecule has 0 aromatic heterocycles. The molecule has 1 aliphatic heterocycles. The Morgan fingerprint density at radius 1 is 1.17 bits per heavy atom. The number of phenols is 2. The highest BCUT2D eigenvalue weighted by atomic mass is 16.5. The topological polar surface area (TPSA) is 96.2 Å². The number of aliphatic hydroxyl groups excluding tert-OH is 1. The average Bonchev–Trinajstić information content (AvgIpc) is 3.01. The number of aromatic hydroxyl groups is 2. The van der Waals surface area contributed by atoms with Gasteiger partial charge in [0.1, 0.15) is 17.6 Å². The Labute approximate surface area is 210 Å². The third kappa shape index (κ3) is 8.86. The zero-order chi connectivity index (χ0) is 26.3. The van der Waals surface area contributed by atoms with E-state index in [1.165, 1.54) is 13.0 Å². The Bertz CT molecular complexity index is 985. The summed E-state index contributed by atoms with van der Waals surface area (Å²) in [6.45, 7) is 13.0. The lowest BCUT2D eigenvalue weighted by molar-refractivity contribution is -0.144. The average molecular weight is 487 g/mol. The highest BCUT2D eigenvalue weighted by molar-refractivity contribution is 5.66. The largest absolute Gasteiger partial charge is 0.508 e. The van der Waals surface area contributed by atoms with Crippen LogP contribution in [0.25, 0.3) is 0 Å². The van der Waals surface area contributed by atoms with Crippen LogP contribution in [0.5, 0.6) is 11.5 Å². The highest BCUT2D eigenvalue weighted by Crippen LogP contribution is 2.33. The van der Waals surface area contributed by atoms with E-state index in [1.807, 2.05) is 46.8 Å². The lowest BCUT2D eigenvalue weighted by Gasteiger charge is -2.22. The van der Waals surface area contributed by atoms with E-state index < -0.39 is 11.7 Å². The van der Waals surface area contributed by atoms with Gasteiger partial charge in [-0.05, 0) is 90.2 Å². The Balaban J connectivity index is 1.98. The second kappa shape index (κ2) is 12.4. The molecule has 0 saturated carbocycles. The van der Waals surface area contributed by atoms with Crippen LogP contribution >= 0.6 is 0 Å². The number of carbonyl (C=O) groups is 1. The van der Waals surface area contributed by atoms with Crippen LogP contribution in [0.15, 0.2) is 47.1 Å². The summed E-state index contributed by atoms with van der Waals surface area (Å²) in [5, 5.41) is 30.2. The summed E-state index contributed by atoms with van der Waals surface area (Å²) in [5.41, 5.74) is 4.05. The number of carbonyl (C=O) groups excluding carboxylic acids is 1. The van der Waals surface area contributed by atoms with Crippen molar-refractivity contribution in [3.05, 3.63) is 58.2 Å². The van der Waals surface area contributed by atoms with Gasteiger partial charge in [0.2, 0.25) is 0 Å². The molecule has 0 unspecified atom stereocenters. The van der Waals surface area contributed by atoms with E-state index in [-0.39, 0.29) is 29.7 Å². The number of aliphatic hydroxyl groups is 1. The molecule has 1 aromatic carbocycles. The van der Waals surface area contributed by atoms with Crippen molar-refractivity contribution in [2.75, 3.05) is 0 Å². The van der Waals surface area contributed by atoms with E-state index in [2.05, 4.69) is 6.08 Å². The van der Waals surface area contributed by atoms with Gasteiger partial charge in [0.05, 0.1) is 17.8 Å². The molecule has 194 valence electrons. The number of aryl methyl sites for hydroxylation is 1. The van der Waals surface area contributed by atoms with Crippen LogP contribution in [0.2, 0.25) is 0 Å². The maximum Gasteiger partial charge on any atom is 0.303 e. The lowest BCUT2D eigenvalue weighted by Crippen LogP contribution is -2.31. The number of phenolic OH excluding ortho intramolecular Hbond substituents is 2. The van der Waals surface area contributed by atoms with Gasteiger partial charge in [-0.3, -0.25) is 4.79 Å². The Hall–Kier alpha value is -2.57. The number of hydrogen-bond acceptors (Lipinski definition) is 6. The molecule has 6 heteroatoms. The molecule has 0 amide bonds. The minimum absolute atomic E-state index is 0.0550. The molecule has 1 saturated heterocycles. The first-order chi connectivity index (χ1) is 16.3. The normalized spacial score (nSPS) is 21.8. The SMILES string of the molecule is CC(=O)O[C@H](C=C(C)CCC=C(C)[C@@H]1C[C@H](O)C(C)(C)O1)CC(C)=CCc1cc(O)cc(C)c1O. The molecule has 1 heterocycles. The third-order valence-corrected chi connectivity index (χ3v) is 6.54. The molecule has 0 aliphatic carbocycles. The number of esters is 1. The molecule has 1 aliphatic rings. The standard InChI is InChI=1S/C29H42O6/c1-18(9-8-10-20(3)26-17-27(32)29(6,7)35-26)13-25(34-22(5)30)14-19(2)11-12-23-16-24(31)15-21(4)28(23)33/h10-11,13,15-16,25-27,31-33H,8-9,12,14,17H2,1-7H3/t25-,26+,27+/m1/s1. The second-order valence-electron chi connectivity index (χ2n) is 10.3.